The summed E-state index contributed by atoms with van der Waals surface area (Å²) in [4.78, 5) is 9.43. The van der Waals surface area contributed by atoms with Crippen LogP contribution < -0.4 is 0 Å². The lowest BCUT2D eigenvalue weighted by molar-refractivity contribution is 0.213. The average molecular weight is 394 g/mol. The van der Waals surface area contributed by atoms with Crippen molar-refractivity contribution in [2.75, 3.05) is 7.11 Å². The van der Waals surface area contributed by atoms with Gasteiger partial charge in [0, 0.05) is 35.6 Å². The minimum absolute atomic E-state index is 0.621. The van der Waals surface area contributed by atoms with Gasteiger partial charge in [0.25, 0.3) is 0 Å². The Morgan fingerprint density at radius 3 is 2.57 bits per heavy atom. The van der Waals surface area contributed by atoms with Crippen molar-refractivity contribution in [3.8, 4) is 0 Å². The van der Waals surface area contributed by atoms with E-state index in [9.17, 15) is 0 Å². The number of rotatable bonds is 6. The van der Waals surface area contributed by atoms with E-state index in [4.69, 9.17) is 16.4 Å². The number of aromatic nitrogens is 2. The molecule has 0 bridgehead atoms. The van der Waals surface area contributed by atoms with Crippen molar-refractivity contribution in [3.05, 3.63) is 88.5 Å². The molecule has 1 heterocycles. The van der Waals surface area contributed by atoms with E-state index >= 15 is 0 Å². The third-order valence-corrected chi connectivity index (χ3v) is 4.35. The topological polar surface area (TPSA) is 64.1 Å². The van der Waals surface area contributed by atoms with Gasteiger partial charge in [-0.3, -0.25) is 0 Å². The van der Waals surface area contributed by atoms with Gasteiger partial charge in [0.2, 0.25) is 0 Å². The quantitative estimate of drug-likeness (QED) is 0.462. The van der Waals surface area contributed by atoms with Crippen LogP contribution in [0.1, 0.15) is 29.4 Å². The maximum atomic E-state index is 5.93. The van der Waals surface area contributed by atoms with Crippen molar-refractivity contribution in [3.63, 3.8) is 0 Å². The largest absolute Gasteiger partial charge is 0.399 e. The van der Waals surface area contributed by atoms with Crippen LogP contribution in [0.4, 0.5) is 0 Å². The highest BCUT2D eigenvalue weighted by Crippen LogP contribution is 2.14. The normalized spacial score (nSPS) is 12.6. The van der Waals surface area contributed by atoms with Gasteiger partial charge in [-0.15, -0.1) is 0 Å². The zero-order valence-corrected chi connectivity index (χ0v) is 16.6. The van der Waals surface area contributed by atoms with Gasteiger partial charge in [-0.25, -0.2) is 4.98 Å². The van der Waals surface area contributed by atoms with Crippen LogP contribution in [0.3, 0.4) is 0 Å². The van der Waals surface area contributed by atoms with Gasteiger partial charge in [-0.05, 0) is 24.6 Å². The van der Waals surface area contributed by atoms with E-state index in [-0.39, 0.29) is 0 Å². The Balaban J connectivity index is 1.92. The fraction of sp³-hybridized carbons (Fsp3) is 0.143. The number of benzene rings is 2. The first-order valence-corrected chi connectivity index (χ1v) is 8.99. The fourth-order valence-corrected chi connectivity index (χ4v) is 2.77. The fourth-order valence-electron chi connectivity index (χ4n) is 2.65. The third-order valence-electron chi connectivity index (χ3n) is 4.10. The van der Waals surface area contributed by atoms with Crippen LogP contribution >= 0.6 is 11.6 Å². The van der Waals surface area contributed by atoms with E-state index in [1.54, 1.807) is 12.4 Å². The summed E-state index contributed by atoms with van der Waals surface area (Å²) in [5.74, 6) is 0.698. The van der Waals surface area contributed by atoms with Gasteiger partial charge in [0.05, 0.1) is 11.9 Å². The Morgan fingerprint density at radius 1 is 1.14 bits per heavy atom. The minimum atomic E-state index is 0.621. The Morgan fingerprint density at radius 2 is 1.89 bits per heavy atom. The molecule has 1 aromatic heterocycles. The van der Waals surface area contributed by atoms with Crippen molar-refractivity contribution in [1.82, 2.24) is 9.55 Å². The summed E-state index contributed by atoms with van der Waals surface area (Å²) >= 11 is 5.93. The molecule has 0 amide bonds. The van der Waals surface area contributed by atoms with Crippen LogP contribution in [0.15, 0.2) is 76.3 Å². The van der Waals surface area contributed by atoms with Gasteiger partial charge in [-0.1, -0.05) is 53.2 Å². The van der Waals surface area contributed by atoms with Gasteiger partial charge in [0.1, 0.15) is 7.11 Å². The molecule has 3 rings (SSSR count). The minimum Gasteiger partial charge on any atom is -0.399 e. The molecule has 2 aromatic carbocycles. The molecule has 3 aromatic rings. The SMILES string of the molecule is CO/N=C(\c1ccccc1/C=N/N=C(/C)c1ccc(Cl)cc1)c1nccn1C. The zero-order valence-electron chi connectivity index (χ0n) is 15.9. The van der Waals surface area contributed by atoms with E-state index in [1.807, 2.05) is 73.3 Å². The standard InChI is InChI=1S/C21H20ClN5O/c1-15(16-8-10-18(22)11-9-16)25-24-14-17-6-4-5-7-19(17)20(26-28-3)21-23-12-13-27(21)2/h4-14H,1-3H3/b24-14+,25-15-,26-20+. The molecule has 7 heteroatoms. The molecule has 0 radical (unpaired) electrons. The highest BCUT2D eigenvalue weighted by atomic mass is 35.5. The number of hydrogen-bond acceptors (Lipinski definition) is 5. The maximum Gasteiger partial charge on any atom is 0.162 e. The monoisotopic (exact) mass is 393 g/mol. The molecule has 0 spiro atoms. The molecular formula is C21H20ClN5O. The molecule has 142 valence electrons. The van der Waals surface area contributed by atoms with Crippen LogP contribution in [-0.2, 0) is 11.9 Å². The number of imidazole rings is 1. The molecule has 28 heavy (non-hydrogen) atoms. The summed E-state index contributed by atoms with van der Waals surface area (Å²) in [6.45, 7) is 1.90. The van der Waals surface area contributed by atoms with E-state index in [0.717, 1.165) is 22.4 Å². The van der Waals surface area contributed by atoms with Gasteiger partial charge in [0.15, 0.2) is 11.5 Å². The van der Waals surface area contributed by atoms with Crippen molar-refractivity contribution >= 4 is 29.2 Å². The van der Waals surface area contributed by atoms with Crippen LogP contribution in [0, 0.1) is 0 Å². The molecule has 0 aliphatic carbocycles. The Kier molecular flexibility index (Phi) is 6.34. The molecule has 6 nitrogen and oxygen atoms in total. The molecule has 0 atom stereocenters. The molecule has 0 unspecified atom stereocenters. The molecule has 0 fully saturated rings. The second kappa shape index (κ2) is 9.10. The lowest BCUT2D eigenvalue weighted by atomic mass is 10.0. The van der Waals surface area contributed by atoms with Gasteiger partial charge in [-0.2, -0.15) is 10.2 Å². The number of hydrogen-bond donors (Lipinski definition) is 0. The van der Waals surface area contributed by atoms with E-state index in [0.29, 0.717) is 16.6 Å². The summed E-state index contributed by atoms with van der Waals surface area (Å²) in [5, 5.41) is 13.4. The molecule has 0 aliphatic heterocycles. The summed E-state index contributed by atoms with van der Waals surface area (Å²) in [7, 11) is 3.42. The second-order valence-corrected chi connectivity index (χ2v) is 6.44. The summed E-state index contributed by atoms with van der Waals surface area (Å²) in [6.07, 6.45) is 5.27. The van der Waals surface area contributed by atoms with Gasteiger partial charge < -0.3 is 9.40 Å². The Labute approximate surface area is 168 Å². The molecule has 0 saturated heterocycles. The highest BCUT2D eigenvalue weighted by Gasteiger charge is 2.15. The molecular weight excluding hydrogens is 374 g/mol. The Bertz CT molecular complexity index is 1030. The summed E-state index contributed by atoms with van der Waals surface area (Å²) < 4.78 is 1.88. The zero-order chi connectivity index (χ0) is 19.9. The molecule has 0 saturated carbocycles. The number of oxime groups is 1. The lowest BCUT2D eigenvalue weighted by Crippen LogP contribution is -2.13. The van der Waals surface area contributed by atoms with Crippen LogP contribution in [0.5, 0.6) is 0 Å². The predicted octanol–water partition coefficient (Wildman–Crippen LogP) is 4.32. The maximum absolute atomic E-state index is 5.93. The van der Waals surface area contributed by atoms with Crippen molar-refractivity contribution in [1.29, 1.82) is 0 Å². The van der Waals surface area contributed by atoms with Crippen LogP contribution in [0.25, 0.3) is 0 Å². The molecule has 0 N–H and O–H groups in total. The summed E-state index contributed by atoms with van der Waals surface area (Å²) in [5.41, 5.74) is 4.08. The van der Waals surface area contributed by atoms with Gasteiger partial charge >= 0.3 is 0 Å². The van der Waals surface area contributed by atoms with Crippen molar-refractivity contribution in [2.45, 2.75) is 6.92 Å². The van der Waals surface area contributed by atoms with E-state index < -0.39 is 0 Å². The Hall–Kier alpha value is -3.25. The summed E-state index contributed by atoms with van der Waals surface area (Å²) in [6, 6.07) is 15.2. The second-order valence-electron chi connectivity index (χ2n) is 6.01. The van der Waals surface area contributed by atoms with Crippen LogP contribution in [0.2, 0.25) is 5.02 Å². The van der Waals surface area contributed by atoms with Crippen LogP contribution in [-0.4, -0.2) is 34.3 Å². The first-order chi connectivity index (χ1) is 13.6. The van der Waals surface area contributed by atoms with Crippen molar-refractivity contribution < 1.29 is 4.84 Å². The number of nitrogens with zero attached hydrogens (tertiary/aromatic N) is 5. The first-order valence-electron chi connectivity index (χ1n) is 8.62. The smallest absolute Gasteiger partial charge is 0.162 e. The van der Waals surface area contributed by atoms with E-state index in [2.05, 4.69) is 20.3 Å². The average Bonchev–Trinajstić information content (AvgIpc) is 3.13. The first kappa shape index (κ1) is 19.5. The number of halogens is 1. The molecule has 0 aliphatic rings. The van der Waals surface area contributed by atoms with Crippen molar-refractivity contribution in [2.24, 2.45) is 22.4 Å². The highest BCUT2D eigenvalue weighted by molar-refractivity contribution is 6.30. The lowest BCUT2D eigenvalue weighted by Gasteiger charge is -2.08. The van der Waals surface area contributed by atoms with E-state index in [1.165, 1.54) is 7.11 Å². The third kappa shape index (κ3) is 4.53. The number of aryl methyl sites for hydroxylation is 1. The predicted molar refractivity (Wildman–Crippen MR) is 114 cm³/mol.